The Labute approximate surface area is 303 Å². The van der Waals surface area contributed by atoms with Gasteiger partial charge >= 0.3 is 0 Å². The highest BCUT2D eigenvalue weighted by Gasteiger charge is 2.53. The van der Waals surface area contributed by atoms with Gasteiger partial charge in [0.2, 0.25) is 5.89 Å². The predicted molar refractivity (Wildman–Crippen MR) is 193 cm³/mol. The van der Waals surface area contributed by atoms with E-state index in [1.54, 1.807) is 11.0 Å². The molecule has 0 spiro atoms. The zero-order chi connectivity index (χ0) is 35.1. The highest BCUT2D eigenvalue weighted by atomic mass is 35.7. The molecule has 1 amide bonds. The zero-order valence-corrected chi connectivity index (χ0v) is 30.1. The highest BCUT2D eigenvalue weighted by Crippen LogP contribution is 2.56. The second-order valence-electron chi connectivity index (χ2n) is 11.5. The summed E-state index contributed by atoms with van der Waals surface area (Å²) in [6.45, 7) is 2.24. The SMILES string of the molecule is O=C1C(=Cc2nc([P+](c3ccccc3)(c3ccccc3)c3ccccc3)c(N3CCCCC3)o2)SC(=S)N1Cc1ccccc1.[O-][Cl+3]([O-])([O-])[O-]. The summed E-state index contributed by atoms with van der Waals surface area (Å²) in [5, 5.41) is 3.61. The first kappa shape index (κ1) is 35.9. The molecule has 4 aromatic carbocycles. The number of aromatic nitrogens is 1. The molecule has 0 saturated carbocycles. The molecule has 3 heterocycles. The molecule has 0 radical (unpaired) electrons. The molecule has 0 atom stereocenters. The molecule has 13 heteroatoms. The summed E-state index contributed by atoms with van der Waals surface area (Å²) in [7, 11) is -7.47. The number of oxazole rings is 1. The maximum absolute atomic E-state index is 13.7. The van der Waals surface area contributed by atoms with Gasteiger partial charge in [0, 0.05) is 19.2 Å². The Hall–Kier alpha value is -3.90. The fraction of sp³-hybridized carbons (Fsp3) is 0.162. The van der Waals surface area contributed by atoms with Gasteiger partial charge in [0.25, 0.3) is 17.2 Å². The first-order chi connectivity index (χ1) is 24.1. The lowest BCUT2D eigenvalue weighted by Gasteiger charge is -2.30. The van der Waals surface area contributed by atoms with E-state index in [0.717, 1.165) is 42.8 Å². The number of hydrogen-bond acceptors (Lipinski definition) is 10. The third kappa shape index (κ3) is 8.18. The molecular weight excluding hydrogens is 713 g/mol. The molecule has 0 N–H and O–H groups in total. The molecule has 2 fully saturated rings. The molecule has 2 saturated heterocycles. The summed E-state index contributed by atoms with van der Waals surface area (Å²) in [6, 6.07) is 42.1. The molecule has 0 aliphatic carbocycles. The minimum Gasteiger partial charge on any atom is -0.417 e. The van der Waals surface area contributed by atoms with Crippen molar-refractivity contribution in [2.45, 2.75) is 25.8 Å². The second-order valence-corrected chi connectivity index (χ2v) is 17.3. The van der Waals surface area contributed by atoms with Gasteiger partial charge in [-0.05, 0) is 61.2 Å². The van der Waals surface area contributed by atoms with Crippen molar-refractivity contribution in [3.8, 4) is 0 Å². The number of thiocarbonyl (C=S) groups is 1. The van der Waals surface area contributed by atoms with Crippen molar-refractivity contribution in [3.05, 3.63) is 138 Å². The van der Waals surface area contributed by atoms with Crippen LogP contribution in [0.1, 0.15) is 30.7 Å². The lowest BCUT2D eigenvalue weighted by molar-refractivity contribution is -2.00. The van der Waals surface area contributed by atoms with Crippen molar-refractivity contribution in [2.24, 2.45) is 0 Å². The van der Waals surface area contributed by atoms with E-state index >= 15 is 0 Å². The third-order valence-corrected chi connectivity index (χ3v) is 13.8. The Bertz CT molecular complexity index is 1840. The lowest BCUT2D eigenvalue weighted by atomic mass is 10.1. The Kier molecular flexibility index (Phi) is 11.5. The summed E-state index contributed by atoms with van der Waals surface area (Å²) in [5.74, 6) is 1.10. The van der Waals surface area contributed by atoms with Crippen LogP contribution in [0.2, 0.25) is 0 Å². The molecule has 1 aromatic heterocycles. The molecule has 5 aromatic rings. The van der Waals surface area contributed by atoms with Gasteiger partial charge in [-0.1, -0.05) is 109 Å². The van der Waals surface area contributed by atoms with Crippen LogP contribution in [0.3, 0.4) is 0 Å². The average molecular weight is 746 g/mol. The maximum Gasteiger partial charge on any atom is 0.266 e. The summed E-state index contributed by atoms with van der Waals surface area (Å²) < 4.78 is 41.3. The van der Waals surface area contributed by atoms with E-state index in [9.17, 15) is 4.79 Å². The third-order valence-electron chi connectivity index (χ3n) is 8.31. The fourth-order valence-corrected chi connectivity index (χ4v) is 11.6. The summed E-state index contributed by atoms with van der Waals surface area (Å²) in [5.41, 5.74) is 1.96. The van der Waals surface area contributed by atoms with E-state index in [-0.39, 0.29) is 5.91 Å². The largest absolute Gasteiger partial charge is 0.417 e. The van der Waals surface area contributed by atoms with Gasteiger partial charge in [0.05, 0.1) is 11.4 Å². The Morgan fingerprint density at radius 3 is 1.70 bits per heavy atom. The minimum absolute atomic E-state index is 0.122. The minimum atomic E-state index is -4.94. The van der Waals surface area contributed by atoms with E-state index in [2.05, 4.69) is 95.9 Å². The second kappa shape index (κ2) is 16.0. The quantitative estimate of drug-likeness (QED) is 0.132. The van der Waals surface area contributed by atoms with E-state index < -0.39 is 17.5 Å². The van der Waals surface area contributed by atoms with Gasteiger partial charge in [-0.3, -0.25) is 9.69 Å². The van der Waals surface area contributed by atoms with Gasteiger partial charge in [-0.15, -0.1) is 10.2 Å². The van der Waals surface area contributed by atoms with Crippen molar-refractivity contribution in [3.63, 3.8) is 0 Å². The highest BCUT2D eigenvalue weighted by molar-refractivity contribution is 8.26. The maximum atomic E-state index is 13.7. The topological polar surface area (TPSA) is 142 Å². The molecule has 0 unspecified atom stereocenters. The molecule has 0 bridgehead atoms. The number of benzene rings is 4. The van der Waals surface area contributed by atoms with Crippen LogP contribution >= 0.6 is 31.2 Å². The van der Waals surface area contributed by atoms with Crippen LogP contribution in [0.15, 0.2) is 131 Å². The zero-order valence-electron chi connectivity index (χ0n) is 26.8. The molecule has 2 aliphatic rings. The van der Waals surface area contributed by atoms with Gasteiger partial charge < -0.3 is 9.32 Å². The summed E-state index contributed by atoms with van der Waals surface area (Å²) >= 11 is 6.98. The van der Waals surface area contributed by atoms with Crippen molar-refractivity contribution in [1.29, 1.82) is 0 Å². The van der Waals surface area contributed by atoms with Crippen molar-refractivity contribution < 1.29 is 38.1 Å². The normalized spacial score (nSPS) is 16.0. The number of nitrogens with zero attached hydrogens (tertiary/aromatic N) is 3. The van der Waals surface area contributed by atoms with Crippen LogP contribution in [0, 0.1) is 10.2 Å². The number of carbonyl (C=O) groups excluding carboxylic acids is 1. The molecule has 256 valence electrons. The summed E-state index contributed by atoms with van der Waals surface area (Å²) in [4.78, 5) is 23.6. The fourth-order valence-electron chi connectivity index (χ4n) is 6.19. The number of halogens is 1. The van der Waals surface area contributed by atoms with Crippen molar-refractivity contribution in [2.75, 3.05) is 18.0 Å². The van der Waals surface area contributed by atoms with Crippen LogP contribution in [-0.4, -0.2) is 33.2 Å². The van der Waals surface area contributed by atoms with Gasteiger partial charge in [0.15, 0.2) is 7.26 Å². The van der Waals surface area contributed by atoms with Gasteiger partial charge in [-0.2, -0.15) is 4.98 Å². The molecule has 7 rings (SSSR count). The number of anilines is 1. The molecule has 2 aliphatic heterocycles. The van der Waals surface area contributed by atoms with E-state index in [1.165, 1.54) is 34.1 Å². The number of amides is 1. The lowest BCUT2D eigenvalue weighted by Crippen LogP contribution is -2.68. The van der Waals surface area contributed by atoms with Crippen LogP contribution < -0.4 is 44.9 Å². The molecule has 9 nitrogen and oxygen atoms in total. The van der Waals surface area contributed by atoms with E-state index in [1.807, 2.05) is 30.3 Å². The van der Waals surface area contributed by atoms with E-state index in [0.29, 0.717) is 21.7 Å². The first-order valence-electron chi connectivity index (χ1n) is 15.9. The monoisotopic (exact) mass is 745 g/mol. The van der Waals surface area contributed by atoms with Gasteiger partial charge in [0.1, 0.15) is 20.2 Å². The molecular formula is C37H33ClN3O6PS2. The Morgan fingerprint density at radius 1 is 0.760 bits per heavy atom. The number of carbonyl (C=O) groups is 1. The van der Waals surface area contributed by atoms with Crippen molar-refractivity contribution in [1.82, 2.24) is 9.88 Å². The smallest absolute Gasteiger partial charge is 0.266 e. The van der Waals surface area contributed by atoms with E-state index in [4.69, 9.17) is 40.3 Å². The Balaban J connectivity index is 0.000000808. The van der Waals surface area contributed by atoms with Crippen LogP contribution in [-0.2, 0) is 11.3 Å². The first-order valence-corrected chi connectivity index (χ1v) is 20.1. The predicted octanol–water partition coefficient (Wildman–Crippen LogP) is 1.93. The number of rotatable bonds is 8. The van der Waals surface area contributed by atoms with Crippen molar-refractivity contribution >= 4 is 74.8 Å². The van der Waals surface area contributed by atoms with Crippen LogP contribution in [0.25, 0.3) is 6.08 Å². The number of piperidine rings is 1. The Morgan fingerprint density at radius 2 is 1.22 bits per heavy atom. The molecule has 50 heavy (non-hydrogen) atoms. The van der Waals surface area contributed by atoms with Crippen LogP contribution in [0.4, 0.5) is 5.88 Å². The van der Waals surface area contributed by atoms with Crippen LogP contribution in [0.5, 0.6) is 0 Å². The standard InChI is InChI=1S/C37H33N3O2PS2.ClHO4/c41-35-32(45-37(44)40(35)27-28-16-6-1-7-17-28)26-33-38-34(36(42-33)39-24-14-5-15-25-39)43(29-18-8-2-9-19-29,30-20-10-3-11-21-30)31-22-12-4-13-23-31;2-1(3,4)5/h1-4,6-13,16-23,26H,5,14-15,24-25,27H2;(H,2,3,4,5)/q+1;/p-1. The summed E-state index contributed by atoms with van der Waals surface area (Å²) in [6.07, 6.45) is 5.19. The average Bonchev–Trinajstić information content (AvgIpc) is 3.66. The van der Waals surface area contributed by atoms with Gasteiger partial charge in [-0.25, -0.2) is 18.6 Å². The number of hydrogen-bond donors (Lipinski definition) is 0. The number of thioether (sulfide) groups is 1.